The van der Waals surface area contributed by atoms with Gasteiger partial charge in [-0.3, -0.25) is 0 Å². The Morgan fingerprint density at radius 2 is 0.931 bits per heavy atom. The highest BCUT2D eigenvalue weighted by molar-refractivity contribution is 6.14. The van der Waals surface area contributed by atoms with Crippen LogP contribution in [0.3, 0.4) is 0 Å². The first-order chi connectivity index (χ1) is 27.5. The Kier molecular flexibility index (Phi) is 7.75. The standard InChI is InChI=1S/C56H53NO/c1-53(2,3)35-21-19-34(20-22-35)45-30-39(33-51-52(45)44-16-12-14-18-50(44)58-51)57(37-24-27-42-40-15-11-13-17-46(40)55(7,8)48(42)31-37)38-25-28-43-41-26-23-36(54(4,5)6)29-47(41)56(9,10)49(43)32-38/h11-33H,1-10H3. The monoisotopic (exact) mass is 755 g/mol. The van der Waals surface area contributed by atoms with Gasteiger partial charge < -0.3 is 9.32 Å². The number of para-hydroxylation sites is 1. The highest BCUT2D eigenvalue weighted by atomic mass is 16.3. The van der Waals surface area contributed by atoms with Gasteiger partial charge in [-0.25, -0.2) is 0 Å². The number of hydrogen-bond donors (Lipinski definition) is 0. The van der Waals surface area contributed by atoms with Crippen LogP contribution in [0.15, 0.2) is 144 Å². The molecule has 2 aliphatic carbocycles. The molecule has 288 valence electrons. The molecule has 0 saturated heterocycles. The van der Waals surface area contributed by atoms with E-state index in [-0.39, 0.29) is 21.7 Å². The molecule has 0 bridgehead atoms. The van der Waals surface area contributed by atoms with Crippen molar-refractivity contribution in [3.63, 3.8) is 0 Å². The van der Waals surface area contributed by atoms with Crippen LogP contribution >= 0.6 is 0 Å². The molecular formula is C56H53NO. The summed E-state index contributed by atoms with van der Waals surface area (Å²) >= 11 is 0. The van der Waals surface area contributed by atoms with E-state index < -0.39 is 0 Å². The third kappa shape index (κ3) is 5.44. The van der Waals surface area contributed by atoms with E-state index in [9.17, 15) is 0 Å². The van der Waals surface area contributed by atoms with Crippen molar-refractivity contribution in [3.05, 3.63) is 173 Å². The number of furan rings is 1. The molecule has 0 amide bonds. The van der Waals surface area contributed by atoms with E-state index in [4.69, 9.17) is 4.42 Å². The van der Waals surface area contributed by atoms with Crippen LogP contribution in [-0.4, -0.2) is 0 Å². The van der Waals surface area contributed by atoms with Crippen molar-refractivity contribution in [2.75, 3.05) is 4.90 Å². The Hall–Kier alpha value is -5.86. The molecule has 8 aromatic rings. The summed E-state index contributed by atoms with van der Waals surface area (Å²) in [5.74, 6) is 0. The van der Waals surface area contributed by atoms with Gasteiger partial charge in [0.1, 0.15) is 11.2 Å². The molecule has 58 heavy (non-hydrogen) atoms. The second-order valence-electron chi connectivity index (χ2n) is 19.9. The van der Waals surface area contributed by atoms with Crippen molar-refractivity contribution in [2.24, 2.45) is 0 Å². The summed E-state index contributed by atoms with van der Waals surface area (Å²) in [5.41, 5.74) is 20.8. The Morgan fingerprint density at radius 3 is 1.57 bits per heavy atom. The zero-order chi connectivity index (χ0) is 40.5. The van der Waals surface area contributed by atoms with E-state index in [0.29, 0.717) is 0 Å². The van der Waals surface area contributed by atoms with E-state index in [0.717, 1.165) is 39.0 Å². The molecule has 1 heterocycles. The maximum absolute atomic E-state index is 6.77. The maximum atomic E-state index is 6.77. The van der Waals surface area contributed by atoms with Gasteiger partial charge in [-0.2, -0.15) is 0 Å². The van der Waals surface area contributed by atoms with Crippen molar-refractivity contribution >= 4 is 39.0 Å². The van der Waals surface area contributed by atoms with Crippen LogP contribution in [0.5, 0.6) is 0 Å². The van der Waals surface area contributed by atoms with Crippen molar-refractivity contribution in [3.8, 4) is 33.4 Å². The van der Waals surface area contributed by atoms with Crippen LogP contribution in [0.1, 0.15) is 103 Å². The molecule has 10 rings (SSSR count). The quantitative estimate of drug-likeness (QED) is 0.178. The first kappa shape index (κ1) is 36.5. The maximum Gasteiger partial charge on any atom is 0.138 e. The summed E-state index contributed by atoms with van der Waals surface area (Å²) in [4.78, 5) is 2.47. The fourth-order valence-electron chi connectivity index (χ4n) is 9.96. The van der Waals surface area contributed by atoms with E-state index in [1.165, 1.54) is 66.8 Å². The number of benzene rings is 7. The largest absolute Gasteiger partial charge is 0.456 e. The first-order valence-electron chi connectivity index (χ1n) is 20.9. The molecule has 0 unspecified atom stereocenters. The predicted octanol–water partition coefficient (Wildman–Crippen LogP) is 15.9. The van der Waals surface area contributed by atoms with Gasteiger partial charge in [0.05, 0.1) is 5.69 Å². The number of hydrogen-bond acceptors (Lipinski definition) is 2. The zero-order valence-electron chi connectivity index (χ0n) is 35.6. The third-order valence-electron chi connectivity index (χ3n) is 13.4. The van der Waals surface area contributed by atoms with Crippen molar-refractivity contribution in [1.82, 2.24) is 0 Å². The molecular weight excluding hydrogens is 703 g/mol. The normalized spacial score (nSPS) is 15.0. The minimum Gasteiger partial charge on any atom is -0.456 e. The number of fused-ring (bicyclic) bond motifs is 9. The molecule has 0 spiro atoms. The summed E-state index contributed by atoms with van der Waals surface area (Å²) in [6.07, 6.45) is 0. The lowest BCUT2D eigenvalue weighted by Gasteiger charge is -2.30. The van der Waals surface area contributed by atoms with Crippen molar-refractivity contribution < 1.29 is 4.42 Å². The molecule has 0 N–H and O–H groups in total. The summed E-state index contributed by atoms with van der Waals surface area (Å²) in [6.45, 7) is 23.3. The van der Waals surface area contributed by atoms with E-state index in [1.54, 1.807) is 0 Å². The van der Waals surface area contributed by atoms with Gasteiger partial charge in [-0.05, 0) is 114 Å². The van der Waals surface area contributed by atoms with Crippen molar-refractivity contribution in [2.45, 2.75) is 90.9 Å². The van der Waals surface area contributed by atoms with Crippen LogP contribution in [0.4, 0.5) is 17.1 Å². The van der Waals surface area contributed by atoms with Crippen LogP contribution in [0, 0.1) is 0 Å². The summed E-state index contributed by atoms with van der Waals surface area (Å²) in [6, 6.07) is 52.6. The van der Waals surface area contributed by atoms with Crippen LogP contribution in [0.25, 0.3) is 55.3 Å². The fourth-order valence-corrected chi connectivity index (χ4v) is 9.96. The molecule has 1 aromatic heterocycles. The summed E-state index contributed by atoms with van der Waals surface area (Å²) in [7, 11) is 0. The molecule has 2 nitrogen and oxygen atoms in total. The molecule has 7 aromatic carbocycles. The minimum absolute atomic E-state index is 0.0607. The molecule has 0 fully saturated rings. The van der Waals surface area contributed by atoms with Crippen molar-refractivity contribution in [1.29, 1.82) is 0 Å². The minimum atomic E-state index is -0.169. The third-order valence-corrected chi connectivity index (χ3v) is 13.4. The van der Waals surface area contributed by atoms with Gasteiger partial charge in [0.15, 0.2) is 0 Å². The molecule has 0 atom stereocenters. The lowest BCUT2D eigenvalue weighted by Crippen LogP contribution is -2.19. The van der Waals surface area contributed by atoms with E-state index in [1.807, 2.05) is 0 Å². The van der Waals surface area contributed by atoms with E-state index >= 15 is 0 Å². The fraction of sp³-hybridized carbons (Fsp3) is 0.250. The average Bonchev–Trinajstić information content (AvgIpc) is 3.76. The highest BCUT2D eigenvalue weighted by Crippen LogP contribution is 2.54. The second kappa shape index (κ2) is 12.3. The first-order valence-corrected chi connectivity index (χ1v) is 20.9. The topological polar surface area (TPSA) is 16.4 Å². The lowest BCUT2D eigenvalue weighted by atomic mass is 9.79. The molecule has 0 aliphatic heterocycles. The Bertz CT molecular complexity index is 2960. The smallest absolute Gasteiger partial charge is 0.138 e. The van der Waals surface area contributed by atoms with Crippen LogP contribution in [-0.2, 0) is 21.7 Å². The number of rotatable bonds is 4. The predicted molar refractivity (Wildman–Crippen MR) is 246 cm³/mol. The van der Waals surface area contributed by atoms with Gasteiger partial charge in [0.25, 0.3) is 0 Å². The Balaban J connectivity index is 1.22. The molecule has 0 radical (unpaired) electrons. The van der Waals surface area contributed by atoms with Gasteiger partial charge in [0.2, 0.25) is 0 Å². The number of nitrogens with zero attached hydrogens (tertiary/aromatic N) is 1. The van der Waals surface area contributed by atoms with Gasteiger partial charge >= 0.3 is 0 Å². The van der Waals surface area contributed by atoms with Gasteiger partial charge in [-0.15, -0.1) is 0 Å². The molecule has 0 saturated carbocycles. The van der Waals surface area contributed by atoms with Crippen LogP contribution in [0.2, 0.25) is 0 Å². The van der Waals surface area contributed by atoms with Gasteiger partial charge in [0, 0.05) is 39.0 Å². The average molecular weight is 756 g/mol. The summed E-state index contributed by atoms with van der Waals surface area (Å²) < 4.78 is 6.77. The molecule has 2 aliphatic rings. The Morgan fingerprint density at radius 1 is 0.414 bits per heavy atom. The zero-order valence-corrected chi connectivity index (χ0v) is 35.6. The van der Waals surface area contributed by atoms with E-state index in [2.05, 4.69) is 214 Å². The van der Waals surface area contributed by atoms with Gasteiger partial charge in [-0.1, -0.05) is 166 Å². The van der Waals surface area contributed by atoms with Crippen LogP contribution < -0.4 is 4.90 Å². The summed E-state index contributed by atoms with van der Waals surface area (Å²) in [5, 5.41) is 2.28. The number of anilines is 3. The second-order valence-corrected chi connectivity index (χ2v) is 19.9. The lowest BCUT2D eigenvalue weighted by molar-refractivity contribution is 0.584. The highest BCUT2D eigenvalue weighted by Gasteiger charge is 2.38. The molecule has 2 heteroatoms. The SMILES string of the molecule is CC(C)(C)c1ccc(-c2cc(N(c3ccc4c(c3)C(C)(C)c3ccccc3-4)c3ccc4c(c3)C(C)(C)c3cc(C(C)(C)C)ccc3-4)cc3oc4ccccc4c23)cc1. The Labute approximate surface area is 344 Å².